The maximum absolute atomic E-state index is 12.0. The molecule has 0 spiro atoms. The van der Waals surface area contributed by atoms with Crippen LogP contribution in [0.1, 0.15) is 5.82 Å². The first-order chi connectivity index (χ1) is 11.1. The summed E-state index contributed by atoms with van der Waals surface area (Å²) in [4.78, 5) is 16.2. The van der Waals surface area contributed by atoms with Crippen molar-refractivity contribution in [1.82, 2.24) is 10.1 Å². The van der Waals surface area contributed by atoms with Crippen molar-refractivity contribution in [3.8, 4) is 11.5 Å². The molecule has 1 aromatic heterocycles. The van der Waals surface area contributed by atoms with Crippen LogP contribution in [0.3, 0.4) is 0 Å². The Morgan fingerprint density at radius 1 is 1.09 bits per heavy atom. The predicted molar refractivity (Wildman–Crippen MR) is 88.5 cm³/mol. The van der Waals surface area contributed by atoms with Crippen molar-refractivity contribution in [1.29, 1.82) is 0 Å². The Morgan fingerprint density at radius 3 is 2.57 bits per heavy atom. The molecule has 0 atom stereocenters. The standard InChI is InChI=1S/C16H11Cl2N3O2/c17-11-4-1-3-10(7-11)16-20-14(21-23-16)9-15(22)19-13-6-2-5-12(18)8-13/h1-8H,9H2,(H,19,22). The molecule has 0 fully saturated rings. The van der Waals surface area contributed by atoms with Crippen molar-refractivity contribution < 1.29 is 9.32 Å². The van der Waals surface area contributed by atoms with Crippen molar-refractivity contribution >= 4 is 34.8 Å². The Balaban J connectivity index is 1.68. The fourth-order valence-electron chi connectivity index (χ4n) is 1.98. The van der Waals surface area contributed by atoms with Crippen LogP contribution >= 0.6 is 23.2 Å². The smallest absolute Gasteiger partial charge is 0.257 e. The van der Waals surface area contributed by atoms with Gasteiger partial charge in [-0.25, -0.2) is 0 Å². The van der Waals surface area contributed by atoms with E-state index in [9.17, 15) is 4.79 Å². The number of nitrogens with zero attached hydrogens (tertiary/aromatic N) is 2. The summed E-state index contributed by atoms with van der Waals surface area (Å²) in [6, 6.07) is 13.9. The molecule has 0 saturated carbocycles. The summed E-state index contributed by atoms with van der Waals surface area (Å²) in [6.07, 6.45) is -0.00339. The van der Waals surface area contributed by atoms with Crippen molar-refractivity contribution in [2.24, 2.45) is 0 Å². The summed E-state index contributed by atoms with van der Waals surface area (Å²) in [5, 5.41) is 7.65. The van der Waals surface area contributed by atoms with E-state index in [4.69, 9.17) is 27.7 Å². The summed E-state index contributed by atoms with van der Waals surface area (Å²) in [5.74, 6) is 0.350. The Morgan fingerprint density at radius 2 is 1.83 bits per heavy atom. The molecule has 2 aromatic carbocycles. The zero-order valence-electron chi connectivity index (χ0n) is 11.8. The molecule has 116 valence electrons. The number of carbonyl (C=O) groups excluding carboxylic acids is 1. The number of benzene rings is 2. The van der Waals surface area contributed by atoms with Crippen molar-refractivity contribution in [3.63, 3.8) is 0 Å². The van der Waals surface area contributed by atoms with Crippen molar-refractivity contribution in [3.05, 3.63) is 64.4 Å². The van der Waals surface area contributed by atoms with Gasteiger partial charge in [0, 0.05) is 21.3 Å². The van der Waals surface area contributed by atoms with Crippen LogP contribution in [-0.4, -0.2) is 16.0 Å². The van der Waals surface area contributed by atoms with Gasteiger partial charge in [0.2, 0.25) is 5.91 Å². The van der Waals surface area contributed by atoms with Crippen LogP contribution in [0.2, 0.25) is 10.0 Å². The van der Waals surface area contributed by atoms with E-state index in [-0.39, 0.29) is 12.3 Å². The molecular weight excluding hydrogens is 337 g/mol. The molecule has 0 saturated heterocycles. The summed E-state index contributed by atoms with van der Waals surface area (Å²) < 4.78 is 5.16. The monoisotopic (exact) mass is 347 g/mol. The van der Waals surface area contributed by atoms with Crippen LogP contribution in [0, 0.1) is 0 Å². The van der Waals surface area contributed by atoms with Gasteiger partial charge in [0.15, 0.2) is 5.82 Å². The minimum absolute atomic E-state index is 0.00339. The molecule has 0 aliphatic carbocycles. The topological polar surface area (TPSA) is 68.0 Å². The molecule has 0 aliphatic heterocycles. The highest BCUT2D eigenvalue weighted by Crippen LogP contribution is 2.21. The molecule has 3 aromatic rings. The van der Waals surface area contributed by atoms with E-state index < -0.39 is 0 Å². The van der Waals surface area contributed by atoms with Crippen molar-refractivity contribution in [2.75, 3.05) is 5.32 Å². The highest BCUT2D eigenvalue weighted by molar-refractivity contribution is 6.31. The van der Waals surface area contributed by atoms with E-state index in [0.29, 0.717) is 33.0 Å². The minimum Gasteiger partial charge on any atom is -0.334 e. The van der Waals surface area contributed by atoms with Gasteiger partial charge in [-0.2, -0.15) is 4.98 Å². The van der Waals surface area contributed by atoms with E-state index in [1.165, 1.54) is 0 Å². The van der Waals surface area contributed by atoms with Gasteiger partial charge in [0.1, 0.15) is 0 Å². The Kier molecular flexibility index (Phi) is 4.60. The summed E-state index contributed by atoms with van der Waals surface area (Å²) in [5.41, 5.74) is 1.31. The third-order valence-corrected chi connectivity index (χ3v) is 3.44. The van der Waals surface area contributed by atoms with Crippen LogP contribution in [0.25, 0.3) is 11.5 Å². The number of nitrogens with one attached hydrogen (secondary N) is 1. The van der Waals surface area contributed by atoms with Gasteiger partial charge < -0.3 is 9.84 Å². The largest absolute Gasteiger partial charge is 0.334 e. The normalized spacial score (nSPS) is 10.5. The maximum Gasteiger partial charge on any atom is 0.257 e. The second kappa shape index (κ2) is 6.81. The van der Waals surface area contributed by atoms with Gasteiger partial charge in [0.05, 0.1) is 6.42 Å². The number of amides is 1. The SMILES string of the molecule is O=C(Cc1noc(-c2cccc(Cl)c2)n1)Nc1cccc(Cl)c1. The van der Waals surface area contributed by atoms with Gasteiger partial charge in [-0.05, 0) is 36.4 Å². The lowest BCUT2D eigenvalue weighted by atomic mass is 10.2. The molecule has 3 rings (SSSR count). The zero-order chi connectivity index (χ0) is 16.2. The lowest BCUT2D eigenvalue weighted by Crippen LogP contribution is -2.15. The molecule has 5 nitrogen and oxygen atoms in total. The van der Waals surface area contributed by atoms with Crippen LogP contribution in [0.4, 0.5) is 5.69 Å². The second-order valence-corrected chi connectivity index (χ2v) is 5.63. The minimum atomic E-state index is -0.259. The summed E-state index contributed by atoms with van der Waals surface area (Å²) >= 11 is 11.8. The average molecular weight is 348 g/mol. The van der Waals surface area contributed by atoms with E-state index in [1.54, 1.807) is 48.5 Å². The molecule has 0 radical (unpaired) electrons. The quantitative estimate of drug-likeness (QED) is 0.766. The number of aromatic nitrogens is 2. The van der Waals surface area contributed by atoms with Gasteiger partial charge in [-0.3, -0.25) is 4.79 Å². The second-order valence-electron chi connectivity index (χ2n) is 4.76. The van der Waals surface area contributed by atoms with E-state index in [0.717, 1.165) is 0 Å². The van der Waals surface area contributed by atoms with E-state index in [1.807, 2.05) is 0 Å². The lowest BCUT2D eigenvalue weighted by Gasteiger charge is -2.03. The number of hydrogen-bond acceptors (Lipinski definition) is 4. The lowest BCUT2D eigenvalue weighted by molar-refractivity contribution is -0.115. The molecular formula is C16H11Cl2N3O2. The fraction of sp³-hybridized carbons (Fsp3) is 0.0625. The zero-order valence-corrected chi connectivity index (χ0v) is 13.3. The number of hydrogen-bond donors (Lipinski definition) is 1. The Bertz CT molecular complexity index is 849. The third kappa shape index (κ3) is 4.09. The molecule has 1 N–H and O–H groups in total. The first kappa shape index (κ1) is 15.5. The van der Waals surface area contributed by atoms with Crippen LogP contribution in [-0.2, 0) is 11.2 Å². The van der Waals surface area contributed by atoms with Crippen LogP contribution < -0.4 is 5.32 Å². The molecule has 1 amide bonds. The number of halogens is 2. The Labute approximate surface area is 142 Å². The summed E-state index contributed by atoms with van der Waals surface area (Å²) in [6.45, 7) is 0. The van der Waals surface area contributed by atoms with Gasteiger partial charge in [-0.1, -0.05) is 40.5 Å². The highest BCUT2D eigenvalue weighted by Gasteiger charge is 2.13. The van der Waals surface area contributed by atoms with E-state index in [2.05, 4.69) is 15.5 Å². The highest BCUT2D eigenvalue weighted by atomic mass is 35.5. The van der Waals surface area contributed by atoms with E-state index >= 15 is 0 Å². The van der Waals surface area contributed by atoms with Crippen LogP contribution in [0.15, 0.2) is 53.1 Å². The molecule has 1 heterocycles. The molecule has 7 heteroatoms. The molecule has 0 bridgehead atoms. The third-order valence-electron chi connectivity index (χ3n) is 2.97. The summed E-state index contributed by atoms with van der Waals surface area (Å²) in [7, 11) is 0. The molecule has 23 heavy (non-hydrogen) atoms. The average Bonchev–Trinajstić information content (AvgIpc) is 2.95. The van der Waals surface area contributed by atoms with Gasteiger partial charge in [0.25, 0.3) is 5.89 Å². The van der Waals surface area contributed by atoms with Gasteiger partial charge >= 0.3 is 0 Å². The number of carbonyl (C=O) groups is 1. The maximum atomic E-state index is 12.0. The Hall–Kier alpha value is -2.37. The van der Waals surface area contributed by atoms with Gasteiger partial charge in [-0.15, -0.1) is 0 Å². The van der Waals surface area contributed by atoms with Crippen LogP contribution in [0.5, 0.6) is 0 Å². The number of anilines is 1. The first-order valence-corrected chi connectivity index (χ1v) is 7.50. The molecule has 0 unspecified atom stereocenters. The predicted octanol–water partition coefficient (Wildman–Crippen LogP) is 4.22. The fourth-order valence-corrected chi connectivity index (χ4v) is 2.36. The number of rotatable bonds is 4. The molecule has 0 aliphatic rings. The first-order valence-electron chi connectivity index (χ1n) is 6.74. The van der Waals surface area contributed by atoms with Crippen molar-refractivity contribution in [2.45, 2.75) is 6.42 Å².